The monoisotopic (exact) mass is 340 g/mol. The van der Waals surface area contributed by atoms with Gasteiger partial charge in [0.25, 0.3) is 0 Å². The van der Waals surface area contributed by atoms with E-state index in [9.17, 15) is 9.59 Å². The number of carbonyl (C=O) groups excluding carboxylic acids is 1. The lowest BCUT2D eigenvalue weighted by Gasteiger charge is -2.13. The maximum Gasteiger partial charge on any atom is 0.343 e. The van der Waals surface area contributed by atoms with Crippen molar-refractivity contribution in [3.05, 3.63) is 64.4 Å². The molecule has 2 heterocycles. The molecule has 0 fully saturated rings. The molecule has 5 nitrogen and oxygen atoms in total. The maximum absolute atomic E-state index is 12.7. The summed E-state index contributed by atoms with van der Waals surface area (Å²) in [5, 5.41) is 1.19. The van der Waals surface area contributed by atoms with Crippen molar-refractivity contribution in [2.45, 2.75) is 11.9 Å². The Morgan fingerprint density at radius 2 is 1.96 bits per heavy atom. The van der Waals surface area contributed by atoms with Gasteiger partial charge in [-0.15, -0.1) is 11.8 Å². The maximum atomic E-state index is 12.7. The van der Waals surface area contributed by atoms with Crippen LogP contribution in [0.15, 0.2) is 58.5 Å². The van der Waals surface area contributed by atoms with Gasteiger partial charge in [0, 0.05) is 11.9 Å². The standard InChI is InChI=1S/C18H16N2O3S/c1-3-23-18(22)14-11-20(12-7-5-4-6-8-12)17-13(16(14)21)9-10-15(19-17)24-2/h4-11H,3H2,1-2H3. The fourth-order valence-corrected chi connectivity index (χ4v) is 2.82. The van der Waals surface area contributed by atoms with Gasteiger partial charge in [-0.3, -0.25) is 4.79 Å². The Labute approximate surface area is 143 Å². The van der Waals surface area contributed by atoms with Crippen LogP contribution in [-0.4, -0.2) is 28.4 Å². The van der Waals surface area contributed by atoms with E-state index < -0.39 is 5.97 Å². The van der Waals surface area contributed by atoms with E-state index in [1.54, 1.807) is 23.6 Å². The van der Waals surface area contributed by atoms with Crippen LogP contribution in [0.3, 0.4) is 0 Å². The molecule has 0 atom stereocenters. The van der Waals surface area contributed by atoms with Gasteiger partial charge in [0.05, 0.1) is 17.0 Å². The molecular formula is C18H16N2O3S. The minimum Gasteiger partial charge on any atom is -0.462 e. The number of fused-ring (bicyclic) bond motifs is 1. The van der Waals surface area contributed by atoms with Crippen LogP contribution in [0, 0.1) is 0 Å². The van der Waals surface area contributed by atoms with Crippen molar-refractivity contribution in [2.75, 3.05) is 12.9 Å². The average molecular weight is 340 g/mol. The van der Waals surface area contributed by atoms with Gasteiger partial charge < -0.3 is 9.30 Å². The molecule has 3 rings (SSSR count). The predicted molar refractivity (Wildman–Crippen MR) is 95.1 cm³/mol. The second kappa shape index (κ2) is 6.88. The summed E-state index contributed by atoms with van der Waals surface area (Å²) < 4.78 is 6.77. The van der Waals surface area contributed by atoms with Crippen molar-refractivity contribution in [2.24, 2.45) is 0 Å². The van der Waals surface area contributed by atoms with Crippen LogP contribution in [0.1, 0.15) is 17.3 Å². The van der Waals surface area contributed by atoms with Gasteiger partial charge in [-0.2, -0.15) is 0 Å². The molecule has 0 aliphatic carbocycles. The number of rotatable bonds is 4. The zero-order valence-electron chi connectivity index (χ0n) is 13.4. The SMILES string of the molecule is CCOC(=O)c1cn(-c2ccccc2)c2nc(SC)ccc2c1=O. The Hall–Kier alpha value is -2.60. The number of benzene rings is 1. The fraction of sp³-hybridized carbons (Fsp3) is 0.167. The summed E-state index contributed by atoms with van der Waals surface area (Å²) in [4.78, 5) is 29.4. The molecule has 0 saturated heterocycles. The van der Waals surface area contributed by atoms with Crippen LogP contribution in [-0.2, 0) is 4.74 Å². The van der Waals surface area contributed by atoms with Crippen molar-refractivity contribution in [1.29, 1.82) is 0 Å². The Balaban J connectivity index is 2.36. The summed E-state index contributed by atoms with van der Waals surface area (Å²) in [6.07, 6.45) is 3.43. The van der Waals surface area contributed by atoms with Gasteiger partial charge in [0.15, 0.2) is 0 Å². The second-order valence-electron chi connectivity index (χ2n) is 5.02. The van der Waals surface area contributed by atoms with Crippen molar-refractivity contribution in [3.8, 4) is 5.69 Å². The molecule has 0 aliphatic rings. The molecule has 0 spiro atoms. The lowest BCUT2D eigenvalue weighted by atomic mass is 10.2. The molecule has 0 unspecified atom stereocenters. The van der Waals surface area contributed by atoms with E-state index in [0.717, 1.165) is 10.7 Å². The van der Waals surface area contributed by atoms with Gasteiger partial charge in [-0.25, -0.2) is 9.78 Å². The first-order chi connectivity index (χ1) is 11.7. The highest BCUT2D eigenvalue weighted by atomic mass is 32.2. The van der Waals surface area contributed by atoms with E-state index in [2.05, 4.69) is 4.98 Å². The number of esters is 1. The van der Waals surface area contributed by atoms with Gasteiger partial charge >= 0.3 is 5.97 Å². The third-order valence-corrected chi connectivity index (χ3v) is 4.21. The third-order valence-electron chi connectivity index (χ3n) is 3.56. The molecule has 0 aliphatic heterocycles. The Morgan fingerprint density at radius 3 is 2.62 bits per heavy atom. The molecule has 0 radical (unpaired) electrons. The summed E-state index contributed by atoms with van der Waals surface area (Å²) in [6.45, 7) is 1.92. The molecule has 0 saturated carbocycles. The highest BCUT2D eigenvalue weighted by Gasteiger charge is 2.18. The molecule has 0 amide bonds. The summed E-state index contributed by atoms with van der Waals surface area (Å²) >= 11 is 1.49. The Kier molecular flexibility index (Phi) is 4.66. The lowest BCUT2D eigenvalue weighted by Crippen LogP contribution is -2.21. The van der Waals surface area contributed by atoms with E-state index >= 15 is 0 Å². The molecule has 24 heavy (non-hydrogen) atoms. The molecule has 1 aromatic carbocycles. The third kappa shape index (κ3) is 2.92. The smallest absolute Gasteiger partial charge is 0.343 e. The first-order valence-corrected chi connectivity index (χ1v) is 8.71. The highest BCUT2D eigenvalue weighted by molar-refractivity contribution is 7.98. The Morgan fingerprint density at radius 1 is 1.21 bits per heavy atom. The largest absolute Gasteiger partial charge is 0.462 e. The molecule has 6 heteroatoms. The highest BCUT2D eigenvalue weighted by Crippen LogP contribution is 2.20. The van der Waals surface area contributed by atoms with Crippen LogP contribution in [0.25, 0.3) is 16.7 Å². The van der Waals surface area contributed by atoms with Gasteiger partial charge in [0.1, 0.15) is 11.2 Å². The average Bonchev–Trinajstić information content (AvgIpc) is 2.62. The minimum atomic E-state index is -0.622. The molecular weight excluding hydrogens is 324 g/mol. The quantitative estimate of drug-likeness (QED) is 0.539. The summed E-state index contributed by atoms with van der Waals surface area (Å²) in [5.41, 5.74) is 0.979. The lowest BCUT2D eigenvalue weighted by molar-refractivity contribution is 0.0524. The number of pyridine rings is 2. The zero-order chi connectivity index (χ0) is 17.1. The summed E-state index contributed by atoms with van der Waals surface area (Å²) in [7, 11) is 0. The minimum absolute atomic E-state index is 0.00639. The van der Waals surface area contributed by atoms with Crippen LogP contribution in [0.5, 0.6) is 0 Å². The number of aromatic nitrogens is 2. The summed E-state index contributed by atoms with van der Waals surface area (Å²) in [6, 6.07) is 13.0. The van der Waals surface area contributed by atoms with E-state index in [4.69, 9.17) is 4.74 Å². The van der Waals surface area contributed by atoms with Crippen LogP contribution in [0.4, 0.5) is 0 Å². The van der Waals surface area contributed by atoms with E-state index in [1.807, 2.05) is 36.6 Å². The normalized spacial score (nSPS) is 10.8. The second-order valence-corrected chi connectivity index (χ2v) is 5.85. The predicted octanol–water partition coefficient (Wildman–Crippen LogP) is 3.28. The number of thioether (sulfide) groups is 1. The molecule has 2 aromatic heterocycles. The first kappa shape index (κ1) is 16.3. The summed E-state index contributed by atoms with van der Waals surface area (Å²) in [5.74, 6) is -0.622. The van der Waals surface area contributed by atoms with Crippen LogP contribution >= 0.6 is 11.8 Å². The first-order valence-electron chi connectivity index (χ1n) is 7.48. The van der Waals surface area contributed by atoms with Crippen molar-refractivity contribution < 1.29 is 9.53 Å². The van der Waals surface area contributed by atoms with Crippen molar-refractivity contribution in [1.82, 2.24) is 9.55 Å². The van der Waals surface area contributed by atoms with Crippen LogP contribution in [0.2, 0.25) is 0 Å². The Bertz CT molecular complexity index is 952. The van der Waals surface area contributed by atoms with E-state index in [0.29, 0.717) is 11.0 Å². The number of carbonyl (C=O) groups is 1. The molecule has 122 valence electrons. The number of hydrogen-bond acceptors (Lipinski definition) is 5. The number of para-hydroxylation sites is 1. The van der Waals surface area contributed by atoms with Gasteiger partial charge in [-0.05, 0) is 37.4 Å². The number of nitrogens with zero attached hydrogens (tertiary/aromatic N) is 2. The van der Waals surface area contributed by atoms with Crippen molar-refractivity contribution >= 4 is 28.8 Å². The fourth-order valence-electron chi connectivity index (χ4n) is 2.44. The molecule has 3 aromatic rings. The van der Waals surface area contributed by atoms with Crippen LogP contribution < -0.4 is 5.43 Å². The van der Waals surface area contributed by atoms with Gasteiger partial charge in [-0.1, -0.05) is 18.2 Å². The van der Waals surface area contributed by atoms with E-state index in [-0.39, 0.29) is 17.6 Å². The van der Waals surface area contributed by atoms with Crippen molar-refractivity contribution in [3.63, 3.8) is 0 Å². The number of ether oxygens (including phenoxy) is 1. The molecule has 0 N–H and O–H groups in total. The van der Waals surface area contributed by atoms with Gasteiger partial charge in [0.2, 0.25) is 5.43 Å². The topological polar surface area (TPSA) is 61.2 Å². The zero-order valence-corrected chi connectivity index (χ0v) is 14.2. The number of hydrogen-bond donors (Lipinski definition) is 0. The molecule has 0 bridgehead atoms. The van der Waals surface area contributed by atoms with E-state index in [1.165, 1.54) is 18.0 Å².